The Morgan fingerprint density at radius 3 is 2.46 bits per heavy atom. The van der Waals surface area contributed by atoms with Gasteiger partial charge in [-0.25, -0.2) is 22.8 Å². The molecule has 0 aliphatic heterocycles. The van der Waals surface area contributed by atoms with Gasteiger partial charge in [0.2, 0.25) is 0 Å². The van der Waals surface area contributed by atoms with Crippen LogP contribution >= 0.6 is 15.9 Å². The molecule has 0 N–H and O–H groups in total. The molecule has 2 aromatic carbocycles. The second-order valence-electron chi connectivity index (χ2n) is 5.99. The monoisotopic (exact) mass is 451 g/mol. The highest BCUT2D eigenvalue weighted by atomic mass is 79.9. The van der Waals surface area contributed by atoms with E-state index in [0.717, 1.165) is 26.9 Å². The predicted molar refractivity (Wildman–Crippen MR) is 102 cm³/mol. The molecule has 0 aliphatic carbocycles. The molecule has 9 heteroatoms. The van der Waals surface area contributed by atoms with Gasteiger partial charge in [0.05, 0.1) is 13.2 Å². The Balaban J connectivity index is 1.74. The number of rotatable bonds is 7. The average Bonchev–Trinajstić information content (AvgIpc) is 2.69. The van der Waals surface area contributed by atoms with Crippen LogP contribution in [0.4, 0.5) is 8.78 Å². The maximum Gasteiger partial charge on any atom is 0.349 e. The van der Waals surface area contributed by atoms with Crippen LogP contribution < -0.4 is 11.2 Å². The van der Waals surface area contributed by atoms with E-state index in [0.29, 0.717) is 5.56 Å². The van der Waals surface area contributed by atoms with E-state index < -0.39 is 22.9 Å². The number of nitrogens with zero attached hydrogens (tertiary/aromatic N) is 3. The van der Waals surface area contributed by atoms with Crippen molar-refractivity contribution in [2.45, 2.75) is 26.3 Å². The molecule has 0 aliphatic rings. The molecule has 0 saturated heterocycles. The van der Waals surface area contributed by atoms with Gasteiger partial charge in [0, 0.05) is 0 Å². The molecule has 6 nitrogen and oxygen atoms in total. The molecule has 0 unspecified atom stereocenters. The number of benzene rings is 2. The zero-order valence-corrected chi connectivity index (χ0v) is 16.2. The third-order valence-electron chi connectivity index (χ3n) is 4.01. The van der Waals surface area contributed by atoms with E-state index >= 15 is 0 Å². The van der Waals surface area contributed by atoms with Gasteiger partial charge in [-0.2, -0.15) is 5.10 Å². The Morgan fingerprint density at radius 2 is 1.75 bits per heavy atom. The highest BCUT2D eigenvalue weighted by molar-refractivity contribution is 9.10. The van der Waals surface area contributed by atoms with Crippen LogP contribution in [0.5, 0.6) is 0 Å². The van der Waals surface area contributed by atoms with Crippen molar-refractivity contribution in [3.8, 4) is 0 Å². The molecule has 0 fully saturated rings. The number of aryl methyl sites for hydroxylation is 2. The zero-order chi connectivity index (χ0) is 20.1. The van der Waals surface area contributed by atoms with E-state index in [-0.39, 0.29) is 30.9 Å². The Kier molecular flexibility index (Phi) is 6.48. The molecule has 0 radical (unpaired) electrons. The molecule has 0 atom stereocenters. The highest BCUT2D eigenvalue weighted by Gasteiger charge is 2.12. The van der Waals surface area contributed by atoms with Gasteiger partial charge in [-0.1, -0.05) is 36.4 Å². The van der Waals surface area contributed by atoms with Crippen LogP contribution in [0.2, 0.25) is 0 Å². The van der Waals surface area contributed by atoms with Crippen molar-refractivity contribution in [2.75, 3.05) is 0 Å². The van der Waals surface area contributed by atoms with Gasteiger partial charge in [-0.3, -0.25) is 4.79 Å². The summed E-state index contributed by atoms with van der Waals surface area (Å²) in [6.07, 6.45) is 0.236. The van der Waals surface area contributed by atoms with E-state index in [1.54, 1.807) is 0 Å². The summed E-state index contributed by atoms with van der Waals surface area (Å²) in [7, 11) is 0. The molecule has 28 heavy (non-hydrogen) atoms. The fourth-order valence-corrected chi connectivity index (χ4v) is 2.95. The lowest BCUT2D eigenvalue weighted by Crippen LogP contribution is -2.42. The summed E-state index contributed by atoms with van der Waals surface area (Å²) in [5.41, 5.74) is 0.148. The van der Waals surface area contributed by atoms with Crippen molar-refractivity contribution < 1.29 is 13.5 Å². The largest absolute Gasteiger partial charge is 0.356 e. The fraction of sp³-hybridized carbons (Fsp3) is 0.211. The van der Waals surface area contributed by atoms with E-state index in [4.69, 9.17) is 4.74 Å². The Bertz CT molecular complexity index is 1080. The third kappa shape index (κ3) is 4.79. The Morgan fingerprint density at radius 1 is 1.00 bits per heavy atom. The lowest BCUT2D eigenvalue weighted by atomic mass is 10.1. The van der Waals surface area contributed by atoms with Gasteiger partial charge < -0.3 is 4.74 Å². The van der Waals surface area contributed by atoms with Gasteiger partial charge in [0.25, 0.3) is 5.56 Å². The standard InChI is InChI=1S/C19H16BrF2N3O3/c20-17-18(26)24(12-28-11-14-4-2-1-3-5-14)19(27)25(23-17)9-8-13-6-7-15(21)16(22)10-13/h1-7,10H,8-9,11-12H2. The van der Waals surface area contributed by atoms with Crippen LogP contribution in [0.3, 0.4) is 0 Å². The molecule has 3 rings (SSSR count). The van der Waals surface area contributed by atoms with Gasteiger partial charge in [-0.15, -0.1) is 0 Å². The third-order valence-corrected chi connectivity index (χ3v) is 4.51. The first-order chi connectivity index (χ1) is 13.5. The van der Waals surface area contributed by atoms with Crippen LogP contribution in [0.25, 0.3) is 0 Å². The number of aromatic nitrogens is 3. The van der Waals surface area contributed by atoms with Crippen LogP contribution in [0.15, 0.2) is 62.7 Å². The second-order valence-corrected chi connectivity index (χ2v) is 6.74. The van der Waals surface area contributed by atoms with Crippen LogP contribution in [0, 0.1) is 11.6 Å². The van der Waals surface area contributed by atoms with Crippen molar-refractivity contribution in [3.05, 3.63) is 96.7 Å². The van der Waals surface area contributed by atoms with Crippen molar-refractivity contribution in [1.82, 2.24) is 14.3 Å². The molecule has 0 spiro atoms. The van der Waals surface area contributed by atoms with Crippen LogP contribution in [0.1, 0.15) is 11.1 Å². The SMILES string of the molecule is O=c1c(Br)nn(CCc2ccc(F)c(F)c2)c(=O)n1COCc1ccccc1. The maximum atomic E-state index is 13.3. The molecule has 0 saturated carbocycles. The minimum atomic E-state index is -0.960. The first-order valence-electron chi connectivity index (χ1n) is 8.39. The van der Waals surface area contributed by atoms with Gasteiger partial charge >= 0.3 is 5.69 Å². The molecule has 3 aromatic rings. The molecule has 0 amide bonds. The molecular formula is C19H16BrF2N3O3. The zero-order valence-electron chi connectivity index (χ0n) is 14.6. The van der Waals surface area contributed by atoms with Crippen molar-refractivity contribution >= 4 is 15.9 Å². The van der Waals surface area contributed by atoms with Gasteiger partial charge in [0.15, 0.2) is 16.2 Å². The summed E-state index contributed by atoms with van der Waals surface area (Å²) >= 11 is 3.05. The molecule has 146 valence electrons. The molecule has 1 aromatic heterocycles. The van der Waals surface area contributed by atoms with Gasteiger partial charge in [0.1, 0.15) is 6.73 Å². The highest BCUT2D eigenvalue weighted by Crippen LogP contribution is 2.09. The number of hydrogen-bond acceptors (Lipinski definition) is 4. The van der Waals surface area contributed by atoms with Crippen molar-refractivity contribution in [3.63, 3.8) is 0 Å². The minimum Gasteiger partial charge on any atom is -0.356 e. The molecule has 1 heterocycles. The fourth-order valence-electron chi connectivity index (χ4n) is 2.55. The predicted octanol–water partition coefficient (Wildman–Crippen LogP) is 2.86. The van der Waals surface area contributed by atoms with Crippen molar-refractivity contribution in [2.24, 2.45) is 0 Å². The summed E-state index contributed by atoms with van der Waals surface area (Å²) in [5, 5.41) is 3.92. The lowest BCUT2D eigenvalue weighted by molar-refractivity contribution is 0.0568. The number of halogens is 3. The van der Waals surface area contributed by atoms with E-state index in [9.17, 15) is 18.4 Å². The summed E-state index contributed by atoms with van der Waals surface area (Å²) in [5.74, 6) is -1.90. The Labute approximate surface area is 167 Å². The quantitative estimate of drug-likeness (QED) is 0.553. The van der Waals surface area contributed by atoms with Crippen molar-refractivity contribution in [1.29, 1.82) is 0 Å². The van der Waals surface area contributed by atoms with Gasteiger partial charge in [-0.05, 0) is 45.6 Å². The van der Waals surface area contributed by atoms with Crippen LogP contribution in [-0.4, -0.2) is 14.3 Å². The maximum absolute atomic E-state index is 13.3. The lowest BCUT2D eigenvalue weighted by Gasteiger charge is -2.11. The summed E-state index contributed by atoms with van der Waals surface area (Å²) in [6, 6.07) is 12.8. The topological polar surface area (TPSA) is 66.1 Å². The summed E-state index contributed by atoms with van der Waals surface area (Å²) in [4.78, 5) is 24.8. The van der Waals surface area contributed by atoms with E-state index in [1.807, 2.05) is 30.3 Å². The average molecular weight is 452 g/mol. The number of hydrogen-bond donors (Lipinski definition) is 0. The first kappa shape index (κ1) is 20.1. The molecule has 0 bridgehead atoms. The number of ether oxygens (including phenoxy) is 1. The first-order valence-corrected chi connectivity index (χ1v) is 9.18. The van der Waals surface area contributed by atoms with Crippen LogP contribution in [-0.2, 0) is 31.0 Å². The summed E-state index contributed by atoms with van der Waals surface area (Å²) < 4.78 is 33.8. The second kappa shape index (κ2) is 9.03. The smallest absolute Gasteiger partial charge is 0.349 e. The normalized spacial score (nSPS) is 11.0. The molecular weight excluding hydrogens is 436 g/mol. The Hall–Kier alpha value is -2.65. The van der Waals surface area contributed by atoms with E-state index in [1.165, 1.54) is 6.07 Å². The van der Waals surface area contributed by atoms with E-state index in [2.05, 4.69) is 21.0 Å². The minimum absolute atomic E-state index is 0.0410. The summed E-state index contributed by atoms with van der Waals surface area (Å²) in [6.45, 7) is 0.0852.